The molecule has 0 saturated heterocycles. The van der Waals surface area contributed by atoms with Crippen LogP contribution in [0.5, 0.6) is 0 Å². The summed E-state index contributed by atoms with van der Waals surface area (Å²) < 4.78 is 0.0556. The van der Waals surface area contributed by atoms with E-state index in [1.165, 1.54) is 0 Å². The molecule has 0 bridgehead atoms. The molecule has 13 heteroatoms. The Bertz CT molecular complexity index is 170. The first kappa shape index (κ1) is 31.0. The van der Waals surface area contributed by atoms with Crippen LogP contribution in [-0.4, -0.2) is 17.4 Å². The second-order valence-corrected chi connectivity index (χ2v) is 5.85. The van der Waals surface area contributed by atoms with Crippen LogP contribution in [0, 0.1) is 10.8 Å². The van der Waals surface area contributed by atoms with Crippen LogP contribution in [-0.2, 0) is 71.6 Å². The van der Waals surface area contributed by atoms with E-state index in [9.17, 15) is 0 Å². The van der Waals surface area contributed by atoms with Crippen LogP contribution in [0.25, 0.3) is 0 Å². The van der Waals surface area contributed by atoms with E-state index in [1.807, 2.05) is 0 Å². The molecule has 0 amide bonds. The molecule has 0 heterocycles. The predicted molar refractivity (Wildman–Crippen MR) is 96.5 cm³/mol. The zero-order valence-electron chi connectivity index (χ0n) is 7.91. The van der Waals surface area contributed by atoms with Gasteiger partial charge >= 0.3 is 21.1 Å². The van der Waals surface area contributed by atoms with Crippen molar-refractivity contribution in [2.24, 2.45) is 11.5 Å². The van der Waals surface area contributed by atoms with Crippen molar-refractivity contribution in [3.8, 4) is 0 Å². The van der Waals surface area contributed by atoms with Crippen molar-refractivity contribution in [1.82, 2.24) is 0 Å². The predicted octanol–water partition coefficient (Wildman–Crippen LogP) is 0.347. The van der Waals surface area contributed by atoms with Crippen LogP contribution in [0.3, 0.4) is 0 Å². The van der Waals surface area contributed by atoms with Gasteiger partial charge in [-0.25, -0.2) is 8.75 Å². The summed E-state index contributed by atoms with van der Waals surface area (Å²) in [6.07, 6.45) is 0. The van der Waals surface area contributed by atoms with E-state index in [4.69, 9.17) is 22.3 Å². The monoisotopic (exact) mass is 466 g/mol. The molecule has 0 aliphatic carbocycles. The Morgan fingerprint density at radius 1 is 0.824 bits per heavy atom. The molecule has 0 unspecified atom stereocenters. The second kappa shape index (κ2) is 26.1. The van der Waals surface area contributed by atoms with Crippen molar-refractivity contribution in [1.29, 1.82) is 10.8 Å². The zero-order chi connectivity index (χ0) is 14.3. The van der Waals surface area contributed by atoms with Crippen LogP contribution >= 0.6 is 49.7 Å². The smallest absolute Gasteiger partial charge is 0.789 e. The molecule has 4 nitrogen and oxygen atoms in total. The molecule has 0 aromatic heterocycles. The molecular weight excluding hydrogens is 457 g/mol. The molecule has 0 aromatic carbocycles. The van der Waals surface area contributed by atoms with E-state index < -0.39 is 0 Å². The standard InChI is InChI=1S/4CH3NS2.Mo/c4*2-1(3)4;/h4*(H3,2,3,4);/q;;;;+4/p-4. The molecule has 0 aliphatic heterocycles. The molecule has 6 N–H and O–H groups in total. The van der Waals surface area contributed by atoms with Gasteiger partial charge in [0.05, 0.1) is 0 Å². The first-order chi connectivity index (χ1) is 6.93. The van der Waals surface area contributed by atoms with Crippen molar-refractivity contribution in [2.45, 2.75) is 0 Å². The molecule has 0 aliphatic rings. The Hall–Kier alpha value is 1.39. The maximum absolute atomic E-state index is 6.13. The van der Waals surface area contributed by atoms with Crippen molar-refractivity contribution >= 4 is 118 Å². The van der Waals surface area contributed by atoms with Gasteiger partial charge in [-0.05, 0) is 0 Å². The zero-order valence-corrected chi connectivity index (χ0v) is 16.6. The number of hydrogen-bond donors (Lipinski definition) is 6. The first-order valence-corrected chi connectivity index (χ1v) is 6.09. The van der Waals surface area contributed by atoms with Gasteiger partial charge in [0.1, 0.15) is 8.64 Å². The summed E-state index contributed by atoms with van der Waals surface area (Å²) in [6.45, 7) is 0. The minimum atomic E-state index is -0.167. The van der Waals surface area contributed by atoms with E-state index >= 15 is 0 Å². The summed E-state index contributed by atoms with van der Waals surface area (Å²) in [5.74, 6) is 0. The molecule has 0 saturated carbocycles. The maximum Gasteiger partial charge on any atom is 4.00 e. The average Bonchev–Trinajstić information content (AvgIpc) is 1.76. The Kier molecular flexibility index (Phi) is 47.5. The van der Waals surface area contributed by atoms with Gasteiger partial charge in [-0.2, -0.15) is 0 Å². The van der Waals surface area contributed by atoms with Gasteiger partial charge in [-0.3, -0.25) is 0 Å². The Labute approximate surface area is 159 Å². The van der Waals surface area contributed by atoms with Crippen LogP contribution < -0.4 is 11.5 Å². The van der Waals surface area contributed by atoms with Gasteiger partial charge in [-0.1, -0.05) is 24.4 Å². The third-order valence-corrected chi connectivity index (χ3v) is 0. The number of thiocarbonyl (C=S) groups is 2. The number of thiol groups is 2. The Morgan fingerprint density at radius 2 is 0.824 bits per heavy atom. The fourth-order valence-electron chi connectivity index (χ4n) is 0. The normalized spacial score (nSPS) is 5.76. The van der Waals surface area contributed by atoms with E-state index in [0.29, 0.717) is 0 Å². The maximum atomic E-state index is 6.13. The van der Waals surface area contributed by atoms with E-state index in [-0.39, 0.29) is 38.5 Å². The van der Waals surface area contributed by atoms with Gasteiger partial charge in [0, 0.05) is 0 Å². The fraction of sp³-hybridized carbons (Fsp3) is 0. The topological polar surface area (TPSA) is 99.7 Å². The van der Waals surface area contributed by atoms with Crippen molar-refractivity contribution < 1.29 is 21.1 Å². The van der Waals surface area contributed by atoms with E-state index in [2.05, 4.69) is 100 Å². The number of rotatable bonds is 0. The number of nitrogens with one attached hydrogen (secondary N) is 2. The van der Waals surface area contributed by atoms with Gasteiger partial charge in [-0.15, -0.1) is 25.3 Å². The Balaban J connectivity index is -0.0000000369. The summed E-state index contributed by atoms with van der Waals surface area (Å²) >= 11 is 31.4. The van der Waals surface area contributed by atoms with Gasteiger partial charge in [0.25, 0.3) is 0 Å². The minimum Gasteiger partial charge on any atom is -0.789 e. The first-order valence-electron chi connectivity index (χ1n) is 2.75. The number of nitrogens with two attached hydrogens (primary N) is 2. The third-order valence-electron chi connectivity index (χ3n) is 0. The van der Waals surface area contributed by atoms with Crippen LogP contribution in [0.2, 0.25) is 0 Å². The van der Waals surface area contributed by atoms with Gasteiger partial charge < -0.3 is 72.8 Å². The molecule has 0 fully saturated rings. The SMILES string of the molecule is N=C([S-])[S-].N=C([S-])[S-].NC(=S)S.NC(=S)S.[Mo+4]. The molecule has 0 atom stereocenters. The second-order valence-electron chi connectivity index (χ2n) is 1.25. The summed E-state index contributed by atoms with van der Waals surface area (Å²) in [5, 5.41) is 12.3. The average molecular weight is 465 g/mol. The largest absolute Gasteiger partial charge is 4.00 e. The van der Waals surface area contributed by atoms with Crippen LogP contribution in [0.1, 0.15) is 0 Å². The summed E-state index contributed by atoms with van der Waals surface area (Å²) in [5.41, 5.74) is 9.41. The molecule has 0 aromatic rings. The molecule has 98 valence electrons. The quantitative estimate of drug-likeness (QED) is 0.0763. The molecular formula is C4H8MoN4S8. The minimum absolute atomic E-state index is 0. The summed E-state index contributed by atoms with van der Waals surface area (Å²) in [4.78, 5) is 0. The van der Waals surface area contributed by atoms with E-state index in [0.717, 1.165) is 0 Å². The van der Waals surface area contributed by atoms with Crippen LogP contribution in [0.4, 0.5) is 0 Å². The van der Waals surface area contributed by atoms with Crippen LogP contribution in [0.15, 0.2) is 0 Å². The molecule has 0 radical (unpaired) electrons. The summed E-state index contributed by atoms with van der Waals surface area (Å²) in [7, 11) is 0. The molecule has 0 spiro atoms. The van der Waals surface area contributed by atoms with Crippen molar-refractivity contribution in [2.75, 3.05) is 0 Å². The van der Waals surface area contributed by atoms with E-state index in [1.54, 1.807) is 0 Å². The van der Waals surface area contributed by atoms with Gasteiger partial charge in [0.2, 0.25) is 0 Å². The number of hydrogen-bond acceptors (Lipinski definition) is 8. The summed E-state index contributed by atoms with van der Waals surface area (Å²) in [6, 6.07) is 0. The molecule has 17 heavy (non-hydrogen) atoms. The molecule has 0 rings (SSSR count). The third kappa shape index (κ3) is 2140. The van der Waals surface area contributed by atoms with Crippen molar-refractivity contribution in [3.63, 3.8) is 0 Å². The van der Waals surface area contributed by atoms with Gasteiger partial charge in [0.15, 0.2) is 0 Å². The van der Waals surface area contributed by atoms with Crippen molar-refractivity contribution in [3.05, 3.63) is 0 Å². The Morgan fingerprint density at radius 3 is 0.824 bits per heavy atom. The fourth-order valence-corrected chi connectivity index (χ4v) is 0.